The molecule has 0 saturated carbocycles. The Bertz CT molecular complexity index is 928. The molecule has 0 aliphatic carbocycles. The van der Waals surface area contributed by atoms with Gasteiger partial charge in [-0.3, -0.25) is 5.43 Å². The summed E-state index contributed by atoms with van der Waals surface area (Å²) in [4.78, 5) is 0. The quantitative estimate of drug-likeness (QED) is 0.329. The maximum Gasteiger partial charge on any atom is 0.191 e. The molecule has 0 spiro atoms. The molecule has 0 aromatic heterocycles. The molecule has 2 N–H and O–H groups in total. The van der Waals surface area contributed by atoms with Gasteiger partial charge in [-0.2, -0.15) is 5.10 Å². The van der Waals surface area contributed by atoms with Crippen LogP contribution in [0.1, 0.15) is 12.5 Å². The van der Waals surface area contributed by atoms with Crippen molar-refractivity contribution in [2.24, 2.45) is 5.10 Å². The summed E-state index contributed by atoms with van der Waals surface area (Å²) in [6.07, 6.45) is 1.68. The number of para-hydroxylation sites is 1. The lowest BCUT2D eigenvalue weighted by Gasteiger charge is -2.08. The lowest BCUT2D eigenvalue weighted by molar-refractivity contribution is 0.340. The number of ether oxygens (including phenoxy) is 2. The highest BCUT2D eigenvalue weighted by molar-refractivity contribution is 7.80. The topological polar surface area (TPSA) is 54.9 Å². The van der Waals surface area contributed by atoms with Gasteiger partial charge in [-0.15, -0.1) is 0 Å². The number of rotatable bonds is 7. The molecule has 0 atom stereocenters. The molecule has 5 nitrogen and oxygen atoms in total. The van der Waals surface area contributed by atoms with Crippen LogP contribution in [0.3, 0.4) is 0 Å². The third-order valence-electron chi connectivity index (χ3n) is 3.64. The van der Waals surface area contributed by atoms with Gasteiger partial charge in [0.05, 0.1) is 12.8 Å². The Morgan fingerprint density at radius 2 is 1.68 bits per heavy atom. The monoisotopic (exact) mass is 391 g/mol. The molecule has 3 rings (SSSR count). The summed E-state index contributed by atoms with van der Waals surface area (Å²) in [5, 5.41) is 7.64. The van der Waals surface area contributed by atoms with Crippen LogP contribution in [-0.2, 0) is 0 Å². The lowest BCUT2D eigenvalue weighted by atomic mass is 10.2. The molecule has 0 heterocycles. The van der Waals surface area contributed by atoms with Gasteiger partial charge in [-0.25, -0.2) is 0 Å². The van der Waals surface area contributed by atoms with Gasteiger partial charge in [0.25, 0.3) is 0 Å². The predicted molar refractivity (Wildman–Crippen MR) is 118 cm³/mol. The van der Waals surface area contributed by atoms with E-state index < -0.39 is 0 Å². The summed E-state index contributed by atoms with van der Waals surface area (Å²) in [7, 11) is 0. The zero-order valence-corrected chi connectivity index (χ0v) is 16.3. The summed E-state index contributed by atoms with van der Waals surface area (Å²) in [6.45, 7) is 2.59. The number of hydrogen-bond donors (Lipinski definition) is 2. The predicted octanol–water partition coefficient (Wildman–Crippen LogP) is 5.20. The van der Waals surface area contributed by atoms with Gasteiger partial charge in [0, 0.05) is 5.69 Å². The SMILES string of the molecule is CCOc1ccc(NC(=S)N/N=C\c2cccc(Oc3ccccc3)c2)cc1. The number of nitrogens with zero attached hydrogens (tertiary/aromatic N) is 1. The summed E-state index contributed by atoms with van der Waals surface area (Å²) >= 11 is 5.26. The van der Waals surface area contributed by atoms with E-state index in [-0.39, 0.29) is 0 Å². The largest absolute Gasteiger partial charge is 0.494 e. The number of thiocarbonyl (C=S) groups is 1. The number of hydrogen-bond acceptors (Lipinski definition) is 4. The van der Waals surface area contributed by atoms with E-state index in [1.165, 1.54) is 0 Å². The van der Waals surface area contributed by atoms with E-state index >= 15 is 0 Å². The summed E-state index contributed by atoms with van der Waals surface area (Å²) in [6, 6.07) is 24.9. The number of hydrazone groups is 1. The van der Waals surface area contributed by atoms with Crippen molar-refractivity contribution in [3.63, 3.8) is 0 Å². The number of benzene rings is 3. The van der Waals surface area contributed by atoms with Gasteiger partial charge >= 0.3 is 0 Å². The first-order chi connectivity index (χ1) is 13.7. The number of nitrogens with one attached hydrogen (secondary N) is 2. The van der Waals surface area contributed by atoms with Gasteiger partial charge in [0.1, 0.15) is 17.2 Å². The average Bonchev–Trinajstić information content (AvgIpc) is 2.71. The van der Waals surface area contributed by atoms with Crippen LogP contribution in [0, 0.1) is 0 Å². The normalized spacial score (nSPS) is 10.5. The Kier molecular flexibility index (Phi) is 6.98. The van der Waals surface area contributed by atoms with E-state index in [1.807, 2.05) is 85.8 Å². The van der Waals surface area contributed by atoms with E-state index in [1.54, 1.807) is 6.21 Å². The Hall–Kier alpha value is -3.38. The third-order valence-corrected chi connectivity index (χ3v) is 3.83. The Morgan fingerprint density at radius 1 is 0.929 bits per heavy atom. The molecule has 142 valence electrons. The van der Waals surface area contributed by atoms with Crippen LogP contribution >= 0.6 is 12.2 Å². The molecule has 3 aromatic carbocycles. The van der Waals surface area contributed by atoms with Crippen LogP contribution in [0.2, 0.25) is 0 Å². The maximum absolute atomic E-state index is 5.82. The van der Waals surface area contributed by atoms with Crippen molar-refractivity contribution in [2.45, 2.75) is 6.92 Å². The summed E-state index contributed by atoms with van der Waals surface area (Å²) in [5.74, 6) is 2.35. The molecule has 0 aliphatic rings. The zero-order valence-electron chi connectivity index (χ0n) is 15.5. The standard InChI is InChI=1S/C22H21N3O2S/c1-2-26-19-13-11-18(12-14-19)24-22(28)25-23-16-17-7-6-10-21(15-17)27-20-8-4-3-5-9-20/h3-16H,2H2,1H3,(H2,24,25,28)/b23-16-. The van der Waals surface area contributed by atoms with Gasteiger partial charge in [-0.1, -0.05) is 30.3 Å². The van der Waals surface area contributed by atoms with Crippen LogP contribution in [0.5, 0.6) is 17.2 Å². The molecule has 6 heteroatoms. The molecule has 0 amide bonds. The number of anilines is 1. The first-order valence-corrected chi connectivity index (χ1v) is 9.29. The molecular formula is C22H21N3O2S. The fourth-order valence-electron chi connectivity index (χ4n) is 2.41. The molecule has 0 fully saturated rings. The van der Waals surface area contributed by atoms with Crippen molar-refractivity contribution >= 4 is 29.2 Å². The molecule has 0 bridgehead atoms. The van der Waals surface area contributed by atoms with Gasteiger partial charge in [0.2, 0.25) is 0 Å². The second-order valence-corrected chi connectivity index (χ2v) is 6.18. The minimum absolute atomic E-state index is 0.400. The Balaban J connectivity index is 1.52. The smallest absolute Gasteiger partial charge is 0.191 e. The molecule has 0 aliphatic heterocycles. The van der Waals surface area contributed by atoms with Crippen molar-refractivity contribution in [3.8, 4) is 17.2 Å². The zero-order chi connectivity index (χ0) is 19.6. The fourth-order valence-corrected chi connectivity index (χ4v) is 2.58. The summed E-state index contributed by atoms with van der Waals surface area (Å²) in [5.41, 5.74) is 4.56. The lowest BCUT2D eigenvalue weighted by Crippen LogP contribution is -2.23. The van der Waals surface area contributed by atoms with Crippen molar-refractivity contribution in [1.29, 1.82) is 0 Å². The van der Waals surface area contributed by atoms with Gasteiger partial charge < -0.3 is 14.8 Å². The third kappa shape index (κ3) is 6.10. The van der Waals surface area contributed by atoms with E-state index in [0.29, 0.717) is 11.7 Å². The minimum Gasteiger partial charge on any atom is -0.494 e. The van der Waals surface area contributed by atoms with Crippen LogP contribution in [0.25, 0.3) is 0 Å². The molecule has 3 aromatic rings. The molecular weight excluding hydrogens is 370 g/mol. The Morgan fingerprint density at radius 3 is 2.43 bits per heavy atom. The van der Waals surface area contributed by atoms with Crippen LogP contribution < -0.4 is 20.2 Å². The minimum atomic E-state index is 0.400. The second-order valence-electron chi connectivity index (χ2n) is 5.77. The van der Waals surface area contributed by atoms with Crippen LogP contribution in [-0.4, -0.2) is 17.9 Å². The van der Waals surface area contributed by atoms with Crippen molar-refractivity contribution in [3.05, 3.63) is 84.4 Å². The van der Waals surface area contributed by atoms with E-state index in [2.05, 4.69) is 15.8 Å². The van der Waals surface area contributed by atoms with Crippen molar-refractivity contribution in [1.82, 2.24) is 5.43 Å². The Labute approximate surface area is 170 Å². The van der Waals surface area contributed by atoms with Crippen LogP contribution in [0.4, 0.5) is 5.69 Å². The highest BCUT2D eigenvalue weighted by Crippen LogP contribution is 2.21. The maximum atomic E-state index is 5.82. The van der Waals surface area contributed by atoms with Crippen LogP contribution in [0.15, 0.2) is 84.0 Å². The van der Waals surface area contributed by atoms with E-state index in [4.69, 9.17) is 21.7 Å². The summed E-state index contributed by atoms with van der Waals surface area (Å²) < 4.78 is 11.2. The van der Waals surface area contributed by atoms with Gasteiger partial charge in [0.15, 0.2) is 5.11 Å². The van der Waals surface area contributed by atoms with Gasteiger partial charge in [-0.05, 0) is 73.2 Å². The first-order valence-electron chi connectivity index (χ1n) is 8.89. The molecule has 0 radical (unpaired) electrons. The average molecular weight is 391 g/mol. The second kappa shape index (κ2) is 10.1. The molecule has 28 heavy (non-hydrogen) atoms. The van der Waals surface area contributed by atoms with E-state index in [0.717, 1.165) is 28.5 Å². The van der Waals surface area contributed by atoms with E-state index in [9.17, 15) is 0 Å². The highest BCUT2D eigenvalue weighted by Gasteiger charge is 1.99. The molecule has 0 saturated heterocycles. The van der Waals surface area contributed by atoms with Crippen molar-refractivity contribution in [2.75, 3.05) is 11.9 Å². The fraction of sp³-hybridized carbons (Fsp3) is 0.0909. The molecule has 0 unspecified atom stereocenters. The first kappa shape index (κ1) is 19.4. The highest BCUT2D eigenvalue weighted by atomic mass is 32.1. The van der Waals surface area contributed by atoms with Crippen molar-refractivity contribution < 1.29 is 9.47 Å².